The molecule has 1 unspecified atom stereocenters. The minimum atomic E-state index is -1.63. The molecule has 352 valence electrons. The van der Waals surface area contributed by atoms with E-state index in [9.17, 15) is 19.5 Å². The molecule has 4 aliphatic heterocycles. The minimum absolute atomic E-state index is 0.0464. The van der Waals surface area contributed by atoms with E-state index in [4.69, 9.17) is 18.9 Å². The summed E-state index contributed by atoms with van der Waals surface area (Å²) in [5.74, 6) is -2.17. The number of hydrogen-bond donors (Lipinski definition) is 1. The zero-order valence-electron chi connectivity index (χ0n) is 42.3. The lowest BCUT2D eigenvalue weighted by atomic mass is 9.78. The molecule has 0 aromatic heterocycles. The smallest absolute Gasteiger partial charge is 0.339 e. The van der Waals surface area contributed by atoms with Crippen molar-refractivity contribution in [3.63, 3.8) is 0 Å². The first kappa shape index (κ1) is 50.4. The molecule has 1 atom stereocenters. The van der Waals surface area contributed by atoms with Gasteiger partial charge in [0.05, 0.1) is 22.8 Å². The van der Waals surface area contributed by atoms with Crippen LogP contribution in [0.15, 0.2) is 12.1 Å². The van der Waals surface area contributed by atoms with Crippen LogP contribution in [0.3, 0.4) is 0 Å². The Bertz CT molecular complexity index is 1790. The molecule has 0 radical (unpaired) electrons. The quantitative estimate of drug-likeness (QED) is 0.145. The molecule has 1 aromatic rings. The Kier molecular flexibility index (Phi) is 13.6. The van der Waals surface area contributed by atoms with E-state index in [2.05, 4.69) is 159 Å². The van der Waals surface area contributed by atoms with E-state index in [-0.39, 0.29) is 72.7 Å². The fourth-order valence-electron chi connectivity index (χ4n) is 11.7. The fraction of sp³-hybridized carbons (Fsp3) is 0.820. The predicted octanol–water partition coefficient (Wildman–Crippen LogP) is 8.77. The number of piperidine rings is 4. The summed E-state index contributed by atoms with van der Waals surface area (Å²) < 4.78 is 25.6. The highest BCUT2D eigenvalue weighted by Gasteiger charge is 2.49. The van der Waals surface area contributed by atoms with Crippen LogP contribution in [0.4, 0.5) is 0 Å². The first-order chi connectivity index (χ1) is 27.9. The third-order valence-electron chi connectivity index (χ3n) is 16.3. The van der Waals surface area contributed by atoms with Crippen molar-refractivity contribution in [2.24, 2.45) is 0 Å². The molecule has 0 amide bonds. The normalized spacial score (nSPS) is 27.3. The van der Waals surface area contributed by atoms with Crippen LogP contribution < -0.4 is 0 Å². The Balaban J connectivity index is 1.62. The van der Waals surface area contributed by atoms with E-state index in [1.807, 2.05) is 0 Å². The van der Waals surface area contributed by atoms with Gasteiger partial charge in [0.15, 0.2) is 6.29 Å². The molecule has 1 N–H and O–H groups in total. The zero-order valence-corrected chi connectivity index (χ0v) is 42.3. The van der Waals surface area contributed by atoms with Gasteiger partial charge in [0.25, 0.3) is 0 Å². The number of carbonyl (C=O) groups is 3. The lowest BCUT2D eigenvalue weighted by molar-refractivity contribution is -0.181. The van der Waals surface area contributed by atoms with Crippen molar-refractivity contribution in [3.05, 3.63) is 34.4 Å². The third kappa shape index (κ3) is 10.3. The number of aliphatic hydroxyl groups excluding tert-OH is 1. The van der Waals surface area contributed by atoms with Gasteiger partial charge in [-0.05, 0) is 164 Å². The van der Waals surface area contributed by atoms with Crippen molar-refractivity contribution in [1.29, 1.82) is 0 Å². The maximum absolute atomic E-state index is 14.7. The molecule has 0 saturated carbocycles. The van der Waals surface area contributed by atoms with Crippen LogP contribution in [-0.2, 0) is 18.9 Å². The lowest BCUT2D eigenvalue weighted by Gasteiger charge is -2.53. The molecule has 12 heteroatoms. The topological polar surface area (TPSA) is 121 Å². The van der Waals surface area contributed by atoms with Crippen LogP contribution in [0.1, 0.15) is 205 Å². The molecule has 1 aromatic carbocycles. The molecule has 4 aliphatic rings. The molecule has 4 fully saturated rings. The Hall–Kier alpha value is -2.61. The average Bonchev–Trinajstić information content (AvgIpc) is 3.09. The standard InChI is InChI=1S/C50H84N4O8/c1-43(2)23-31(24-44(3,4)51(43)17)59-39(55)35-21-37(41(57)61-33-27-47(9,10)53(19)48(11,12)28-33)38(42(58)62-34-29-49(13,14)54(20)50(15,16)30-34)22-36(35)40(56)60-32-25-45(5,6)52(18)46(7,8)26-32/h21-22,31-34,39,55H,23-30H2,1-20H3. The number of esters is 3. The second-order valence-corrected chi connectivity index (χ2v) is 24.5. The zero-order chi connectivity index (χ0) is 47.1. The van der Waals surface area contributed by atoms with Gasteiger partial charge in [0.1, 0.15) is 18.3 Å². The fourth-order valence-corrected chi connectivity index (χ4v) is 11.7. The number of carbonyl (C=O) groups excluding carboxylic acids is 3. The maximum Gasteiger partial charge on any atom is 0.339 e. The summed E-state index contributed by atoms with van der Waals surface area (Å²) in [7, 11) is 8.36. The summed E-state index contributed by atoms with van der Waals surface area (Å²) >= 11 is 0. The third-order valence-corrected chi connectivity index (χ3v) is 16.3. The summed E-state index contributed by atoms with van der Waals surface area (Å²) in [5, 5.41) is 12.2. The van der Waals surface area contributed by atoms with Crippen LogP contribution in [0.25, 0.3) is 0 Å². The minimum Gasteiger partial charge on any atom is -0.459 e. The highest BCUT2D eigenvalue weighted by atomic mass is 16.6. The Labute approximate surface area is 374 Å². The van der Waals surface area contributed by atoms with Crippen molar-refractivity contribution in [3.8, 4) is 0 Å². The van der Waals surface area contributed by atoms with Gasteiger partial charge in [0.2, 0.25) is 0 Å². The highest BCUT2D eigenvalue weighted by Crippen LogP contribution is 2.44. The SMILES string of the molecule is CN1C(C)(C)CC(OC(=O)c2cc(C(=O)OC3CC(C)(C)N(C)C(C)(C)C3)c(C(O)OC3CC(C)(C)N(C)C(C)(C)C3)cc2C(=O)OC2CC(C)(C)N(C)C(C)(C)C2)CC1(C)C. The van der Waals surface area contributed by atoms with E-state index in [0.717, 1.165) is 0 Å². The molecule has 12 nitrogen and oxygen atoms in total. The molecular weight excluding hydrogens is 785 g/mol. The van der Waals surface area contributed by atoms with E-state index >= 15 is 0 Å². The van der Waals surface area contributed by atoms with Gasteiger partial charge in [-0.2, -0.15) is 0 Å². The van der Waals surface area contributed by atoms with Gasteiger partial charge < -0.3 is 24.1 Å². The van der Waals surface area contributed by atoms with Crippen molar-refractivity contribution < 1.29 is 38.4 Å². The van der Waals surface area contributed by atoms with Gasteiger partial charge in [-0.1, -0.05) is 0 Å². The molecule has 0 aliphatic carbocycles. The van der Waals surface area contributed by atoms with Crippen LogP contribution >= 0.6 is 0 Å². The second kappa shape index (κ2) is 16.7. The number of rotatable bonds is 9. The number of nitrogens with zero attached hydrogens (tertiary/aromatic N) is 4. The van der Waals surface area contributed by atoms with Crippen molar-refractivity contribution in [2.45, 2.75) is 237 Å². The summed E-state index contributed by atoms with van der Waals surface area (Å²) in [6.07, 6.45) is 1.30. The summed E-state index contributed by atoms with van der Waals surface area (Å²) in [4.78, 5) is 53.4. The predicted molar refractivity (Wildman–Crippen MR) is 245 cm³/mol. The van der Waals surface area contributed by atoms with Gasteiger partial charge in [-0.15, -0.1) is 0 Å². The monoisotopic (exact) mass is 869 g/mol. The molecule has 0 bridgehead atoms. The first-order valence-electron chi connectivity index (χ1n) is 23.0. The van der Waals surface area contributed by atoms with Crippen LogP contribution in [0, 0.1) is 0 Å². The van der Waals surface area contributed by atoms with E-state index < -0.39 is 42.5 Å². The lowest BCUT2D eigenvalue weighted by Crippen LogP contribution is -2.60. The first-order valence-corrected chi connectivity index (χ1v) is 23.0. The van der Waals surface area contributed by atoms with Crippen molar-refractivity contribution in [1.82, 2.24) is 19.6 Å². The van der Waals surface area contributed by atoms with Gasteiger partial charge in [-0.3, -0.25) is 19.6 Å². The largest absolute Gasteiger partial charge is 0.459 e. The van der Waals surface area contributed by atoms with Crippen molar-refractivity contribution in [2.75, 3.05) is 28.2 Å². The summed E-state index contributed by atoms with van der Waals surface area (Å²) in [6.45, 7) is 34.2. The highest BCUT2D eigenvalue weighted by molar-refractivity contribution is 6.06. The number of likely N-dealkylation sites (tertiary alicyclic amines) is 4. The summed E-state index contributed by atoms with van der Waals surface area (Å²) in [6, 6.07) is 2.80. The van der Waals surface area contributed by atoms with Crippen molar-refractivity contribution >= 4 is 17.9 Å². The Morgan fingerprint density at radius 1 is 0.435 bits per heavy atom. The molecule has 62 heavy (non-hydrogen) atoms. The number of aliphatic hydroxyl groups is 1. The van der Waals surface area contributed by atoms with Crippen LogP contribution in [0.5, 0.6) is 0 Å². The molecule has 0 spiro atoms. The second-order valence-electron chi connectivity index (χ2n) is 24.5. The summed E-state index contributed by atoms with van der Waals surface area (Å²) in [5.41, 5.74) is -2.38. The molecule has 4 heterocycles. The Morgan fingerprint density at radius 2 is 0.661 bits per heavy atom. The molecule has 4 saturated heterocycles. The van der Waals surface area contributed by atoms with Crippen LogP contribution in [-0.4, -0.2) is 140 Å². The van der Waals surface area contributed by atoms with E-state index in [0.29, 0.717) is 51.4 Å². The van der Waals surface area contributed by atoms with Crippen LogP contribution in [0.2, 0.25) is 0 Å². The average molecular weight is 869 g/mol. The number of benzene rings is 1. The number of ether oxygens (including phenoxy) is 4. The van der Waals surface area contributed by atoms with Gasteiger partial charge >= 0.3 is 17.9 Å². The van der Waals surface area contributed by atoms with Gasteiger partial charge in [0, 0.05) is 88.4 Å². The van der Waals surface area contributed by atoms with E-state index in [1.54, 1.807) is 0 Å². The van der Waals surface area contributed by atoms with E-state index in [1.165, 1.54) is 12.1 Å². The Morgan fingerprint density at radius 3 is 0.935 bits per heavy atom. The maximum atomic E-state index is 14.7. The van der Waals surface area contributed by atoms with Gasteiger partial charge in [-0.25, -0.2) is 14.4 Å². The molecule has 5 rings (SSSR count). The number of hydrogen-bond acceptors (Lipinski definition) is 12. The molecular formula is C50H84N4O8.